The number of aliphatic carboxylic acids is 1. The van der Waals surface area contributed by atoms with Crippen LogP contribution >= 0.6 is 0 Å². The van der Waals surface area contributed by atoms with E-state index in [0.717, 1.165) is 48.1 Å². The van der Waals surface area contributed by atoms with E-state index >= 15 is 0 Å². The largest absolute Gasteiger partial charge is 0.480 e. The highest BCUT2D eigenvalue weighted by Gasteiger charge is 2.38. The molecule has 2 aliphatic heterocycles. The number of hydrogen-bond donors (Lipinski definition) is 4. The highest BCUT2D eigenvalue weighted by atomic mass is 16.4. The second-order valence-electron chi connectivity index (χ2n) is 11.7. The third kappa shape index (κ3) is 8.11. The van der Waals surface area contributed by atoms with Crippen molar-refractivity contribution in [3.63, 3.8) is 0 Å². The monoisotopic (exact) mass is 596 g/mol. The fourth-order valence-corrected chi connectivity index (χ4v) is 6.15. The molecule has 2 aliphatic rings. The van der Waals surface area contributed by atoms with E-state index in [2.05, 4.69) is 16.0 Å². The topological polar surface area (TPSA) is 128 Å². The lowest BCUT2D eigenvalue weighted by Gasteiger charge is -2.28. The maximum absolute atomic E-state index is 13.5. The molecule has 0 bridgehead atoms. The lowest BCUT2D eigenvalue weighted by molar-refractivity contribution is -0.142. The molecule has 230 valence electrons. The maximum atomic E-state index is 13.5. The summed E-state index contributed by atoms with van der Waals surface area (Å²) < 4.78 is 0. The molecule has 0 aromatic heterocycles. The Hall–Kier alpha value is -4.50. The van der Waals surface area contributed by atoms with Gasteiger partial charge in [-0.3, -0.25) is 14.4 Å². The number of benzene rings is 3. The van der Waals surface area contributed by atoms with Crippen molar-refractivity contribution in [3.05, 3.63) is 96.1 Å². The Morgan fingerprint density at radius 2 is 1.45 bits per heavy atom. The lowest BCUT2D eigenvalue weighted by Crippen LogP contribution is -2.53. The van der Waals surface area contributed by atoms with Crippen LogP contribution in [0.1, 0.15) is 43.2 Å². The van der Waals surface area contributed by atoms with Crippen LogP contribution in [0, 0.1) is 0 Å². The van der Waals surface area contributed by atoms with Crippen LogP contribution in [-0.2, 0) is 32.0 Å². The average Bonchev–Trinajstić information content (AvgIpc) is 3.75. The number of carbonyl (C=O) groups is 4. The van der Waals surface area contributed by atoms with Gasteiger partial charge in [-0.25, -0.2) is 4.79 Å². The minimum absolute atomic E-state index is 0.0430. The smallest absolute Gasteiger partial charge is 0.326 e. The predicted octanol–water partition coefficient (Wildman–Crippen LogP) is 3.33. The number of carboxylic acids is 1. The molecule has 2 fully saturated rings. The van der Waals surface area contributed by atoms with Crippen LogP contribution in [-0.4, -0.2) is 71.0 Å². The van der Waals surface area contributed by atoms with Gasteiger partial charge < -0.3 is 26.0 Å². The summed E-state index contributed by atoms with van der Waals surface area (Å²) in [6.07, 6.45) is 3.44. The third-order valence-corrected chi connectivity index (χ3v) is 8.43. The van der Waals surface area contributed by atoms with Gasteiger partial charge in [0.25, 0.3) is 0 Å². The number of carbonyl (C=O) groups excluding carboxylic acids is 3. The molecule has 44 heavy (non-hydrogen) atoms. The van der Waals surface area contributed by atoms with Crippen molar-refractivity contribution in [1.29, 1.82) is 0 Å². The van der Waals surface area contributed by atoms with Crippen LogP contribution in [0.3, 0.4) is 0 Å². The number of carboxylic acid groups (broad SMARTS) is 1. The molecule has 3 amide bonds. The SMILES string of the molecule is O=C(CC(Cc1ccccc1)NC(=O)C1CCCN1C(=O)C1CCCN1)NC(Cc1ccc(-c2ccccc2)cc1)C(=O)O. The van der Waals surface area contributed by atoms with Gasteiger partial charge in [-0.2, -0.15) is 0 Å². The van der Waals surface area contributed by atoms with E-state index in [1.54, 1.807) is 4.90 Å². The van der Waals surface area contributed by atoms with Gasteiger partial charge in [0, 0.05) is 25.4 Å². The standard InChI is InChI=1S/C35H40N4O5/c40-32(38-30(35(43)44)22-25-15-17-27(18-16-25)26-11-5-2-6-12-26)23-28(21-24-9-3-1-4-10-24)37-33(41)31-14-8-20-39(31)34(42)29-13-7-19-36-29/h1-6,9-12,15-18,28-31,36H,7-8,13-14,19-23H2,(H,37,41)(H,38,40)(H,43,44). The first-order chi connectivity index (χ1) is 21.4. The number of hydrogen-bond acceptors (Lipinski definition) is 5. The third-order valence-electron chi connectivity index (χ3n) is 8.43. The molecular formula is C35H40N4O5. The molecule has 0 spiro atoms. The number of amides is 3. The van der Waals surface area contributed by atoms with E-state index < -0.39 is 30.0 Å². The fourth-order valence-electron chi connectivity index (χ4n) is 6.15. The molecule has 2 saturated heterocycles. The normalized spacial score (nSPS) is 19.2. The zero-order chi connectivity index (χ0) is 30.9. The minimum Gasteiger partial charge on any atom is -0.480 e. The summed E-state index contributed by atoms with van der Waals surface area (Å²) in [6, 6.07) is 24.5. The highest BCUT2D eigenvalue weighted by Crippen LogP contribution is 2.22. The maximum Gasteiger partial charge on any atom is 0.326 e. The van der Waals surface area contributed by atoms with E-state index in [1.807, 2.05) is 84.9 Å². The molecule has 3 aromatic carbocycles. The summed E-state index contributed by atoms with van der Waals surface area (Å²) in [6.45, 7) is 1.33. The van der Waals surface area contributed by atoms with Gasteiger partial charge in [0.1, 0.15) is 12.1 Å². The van der Waals surface area contributed by atoms with Gasteiger partial charge in [0.2, 0.25) is 17.7 Å². The number of nitrogens with one attached hydrogen (secondary N) is 3. The Balaban J connectivity index is 1.23. The molecule has 4 atom stereocenters. The Labute approximate surface area is 258 Å². The molecule has 4 N–H and O–H groups in total. The van der Waals surface area contributed by atoms with Crippen molar-refractivity contribution < 1.29 is 24.3 Å². The molecular weight excluding hydrogens is 556 g/mol. The van der Waals surface area contributed by atoms with Crippen molar-refractivity contribution in [2.24, 2.45) is 0 Å². The molecule has 9 heteroatoms. The zero-order valence-electron chi connectivity index (χ0n) is 24.8. The van der Waals surface area contributed by atoms with E-state index in [-0.39, 0.29) is 30.7 Å². The first-order valence-electron chi connectivity index (χ1n) is 15.4. The molecule has 9 nitrogen and oxygen atoms in total. The summed E-state index contributed by atoms with van der Waals surface area (Å²) in [4.78, 5) is 53.7. The second-order valence-corrected chi connectivity index (χ2v) is 11.7. The Bertz CT molecular complexity index is 1420. The fraction of sp³-hybridized carbons (Fsp3) is 0.371. The highest BCUT2D eigenvalue weighted by molar-refractivity contribution is 5.91. The molecule has 2 heterocycles. The summed E-state index contributed by atoms with van der Waals surface area (Å²) >= 11 is 0. The molecule has 4 unspecified atom stereocenters. The van der Waals surface area contributed by atoms with Crippen molar-refractivity contribution in [2.45, 2.75) is 69.1 Å². The molecule has 3 aromatic rings. The van der Waals surface area contributed by atoms with Crippen molar-refractivity contribution in [1.82, 2.24) is 20.9 Å². The number of likely N-dealkylation sites (tertiary alicyclic amines) is 1. The van der Waals surface area contributed by atoms with Crippen molar-refractivity contribution >= 4 is 23.7 Å². The number of rotatable bonds is 12. The number of nitrogens with zero attached hydrogens (tertiary/aromatic N) is 1. The van der Waals surface area contributed by atoms with Crippen LogP contribution in [0.15, 0.2) is 84.9 Å². The van der Waals surface area contributed by atoms with Crippen molar-refractivity contribution in [3.8, 4) is 11.1 Å². The first-order valence-corrected chi connectivity index (χ1v) is 15.4. The molecule has 0 saturated carbocycles. The zero-order valence-corrected chi connectivity index (χ0v) is 24.8. The minimum atomic E-state index is -1.13. The van der Waals surface area contributed by atoms with Gasteiger partial charge in [-0.05, 0) is 60.9 Å². The first kappa shape index (κ1) is 30.9. The van der Waals surface area contributed by atoms with Gasteiger partial charge in [-0.1, -0.05) is 84.9 Å². The van der Waals surface area contributed by atoms with Gasteiger partial charge in [0.15, 0.2) is 0 Å². The molecule has 0 aliphatic carbocycles. The summed E-state index contributed by atoms with van der Waals surface area (Å²) in [5.41, 5.74) is 3.81. The van der Waals surface area contributed by atoms with Crippen LogP contribution in [0.25, 0.3) is 11.1 Å². The van der Waals surface area contributed by atoms with Crippen LogP contribution in [0.2, 0.25) is 0 Å². The van der Waals surface area contributed by atoms with Gasteiger partial charge in [0.05, 0.1) is 6.04 Å². The molecule has 0 radical (unpaired) electrons. The van der Waals surface area contributed by atoms with E-state index in [4.69, 9.17) is 0 Å². The summed E-state index contributed by atoms with van der Waals surface area (Å²) in [7, 11) is 0. The van der Waals surface area contributed by atoms with Crippen LogP contribution in [0.4, 0.5) is 0 Å². The average molecular weight is 597 g/mol. The Morgan fingerprint density at radius 3 is 2.11 bits per heavy atom. The summed E-state index contributed by atoms with van der Waals surface area (Å²) in [5, 5.41) is 18.8. The van der Waals surface area contributed by atoms with Gasteiger partial charge >= 0.3 is 5.97 Å². The van der Waals surface area contributed by atoms with Crippen molar-refractivity contribution in [2.75, 3.05) is 13.1 Å². The van der Waals surface area contributed by atoms with E-state index in [1.165, 1.54) is 0 Å². The van der Waals surface area contributed by atoms with Crippen LogP contribution < -0.4 is 16.0 Å². The molecule has 5 rings (SSSR count). The van der Waals surface area contributed by atoms with Gasteiger partial charge in [-0.15, -0.1) is 0 Å². The summed E-state index contributed by atoms with van der Waals surface area (Å²) in [5.74, 6) is -1.92. The van der Waals surface area contributed by atoms with E-state index in [9.17, 15) is 24.3 Å². The lowest BCUT2D eigenvalue weighted by atomic mass is 9.99. The Kier molecular flexibility index (Phi) is 10.4. The predicted molar refractivity (Wildman–Crippen MR) is 168 cm³/mol. The van der Waals surface area contributed by atoms with E-state index in [0.29, 0.717) is 19.4 Å². The second kappa shape index (κ2) is 14.8. The van der Waals surface area contributed by atoms with Crippen LogP contribution in [0.5, 0.6) is 0 Å². The Morgan fingerprint density at radius 1 is 0.795 bits per heavy atom. The quantitative estimate of drug-likeness (QED) is 0.254.